The number of fused-ring (bicyclic) bond motifs is 1. The summed E-state index contributed by atoms with van der Waals surface area (Å²) in [5.41, 5.74) is 0.527. The van der Waals surface area contributed by atoms with Crippen LogP contribution in [-0.2, 0) is 15.0 Å². The summed E-state index contributed by atoms with van der Waals surface area (Å²) in [6, 6.07) is 5.23. The molecule has 5 heteroatoms. The number of benzene rings is 1. The second-order valence-corrected chi connectivity index (χ2v) is 4.79. The van der Waals surface area contributed by atoms with Crippen LogP contribution in [0.25, 0.3) is 0 Å². The third kappa shape index (κ3) is 1.47. The zero-order chi connectivity index (χ0) is 12.8. The summed E-state index contributed by atoms with van der Waals surface area (Å²) < 4.78 is 5.26. The van der Waals surface area contributed by atoms with Crippen molar-refractivity contribution in [1.29, 1.82) is 0 Å². The van der Waals surface area contributed by atoms with Gasteiger partial charge in [-0.15, -0.1) is 0 Å². The van der Waals surface area contributed by atoms with Gasteiger partial charge in [0.2, 0.25) is 0 Å². The maximum atomic E-state index is 11.4. The molecule has 0 atom stereocenters. The van der Waals surface area contributed by atoms with Crippen LogP contribution in [0.3, 0.4) is 0 Å². The molecule has 1 amide bonds. The second kappa shape index (κ2) is 3.73. The molecular formula is C13H13NO4. The van der Waals surface area contributed by atoms with Crippen LogP contribution in [0, 0.1) is 0 Å². The Kier molecular flexibility index (Phi) is 2.29. The molecule has 1 aliphatic heterocycles. The molecule has 0 bridgehead atoms. The molecule has 18 heavy (non-hydrogen) atoms. The number of anilines is 1. The Bertz CT molecular complexity index is 534. The first-order chi connectivity index (χ1) is 8.62. The fraction of sp³-hybridized carbons (Fsp3) is 0.385. The molecule has 2 N–H and O–H groups in total. The number of hydrogen-bond acceptors (Lipinski definition) is 3. The molecular weight excluding hydrogens is 234 g/mol. The highest BCUT2D eigenvalue weighted by Gasteiger charge is 2.46. The fourth-order valence-electron chi connectivity index (χ4n) is 2.54. The first-order valence-electron chi connectivity index (χ1n) is 5.92. The average Bonchev–Trinajstić information content (AvgIpc) is 2.26. The van der Waals surface area contributed by atoms with E-state index in [0.29, 0.717) is 24.3 Å². The van der Waals surface area contributed by atoms with Gasteiger partial charge in [-0.3, -0.25) is 9.59 Å². The Labute approximate surface area is 104 Å². The summed E-state index contributed by atoms with van der Waals surface area (Å²) in [5, 5.41) is 12.1. The Hall–Kier alpha value is -2.04. The number of carbonyl (C=O) groups excluding carboxylic acids is 1. The number of ether oxygens (including phenoxy) is 1. The van der Waals surface area contributed by atoms with Crippen molar-refractivity contribution in [1.82, 2.24) is 0 Å². The van der Waals surface area contributed by atoms with Crippen molar-refractivity contribution in [2.24, 2.45) is 0 Å². The maximum Gasteiger partial charge on any atom is 0.314 e. The molecule has 1 heterocycles. The third-order valence-electron chi connectivity index (χ3n) is 3.78. The minimum absolute atomic E-state index is 0.0103. The minimum Gasteiger partial charge on any atom is -0.482 e. The number of rotatable bonds is 2. The molecule has 3 rings (SSSR count). The summed E-state index contributed by atoms with van der Waals surface area (Å²) >= 11 is 0. The molecule has 0 saturated heterocycles. The number of carboxylic acid groups (broad SMARTS) is 1. The van der Waals surface area contributed by atoms with Crippen molar-refractivity contribution in [3.63, 3.8) is 0 Å². The molecule has 0 aromatic heterocycles. The monoisotopic (exact) mass is 247 g/mol. The molecule has 0 spiro atoms. The summed E-state index contributed by atoms with van der Waals surface area (Å²) in [5.74, 6) is -0.410. The molecule has 94 valence electrons. The largest absolute Gasteiger partial charge is 0.482 e. The first-order valence-corrected chi connectivity index (χ1v) is 5.92. The quantitative estimate of drug-likeness (QED) is 0.830. The second-order valence-electron chi connectivity index (χ2n) is 4.79. The number of hydrogen-bond donors (Lipinski definition) is 2. The molecule has 0 unspecified atom stereocenters. The van der Waals surface area contributed by atoms with E-state index >= 15 is 0 Å². The lowest BCUT2D eigenvalue weighted by atomic mass is 9.64. The van der Waals surface area contributed by atoms with Crippen molar-refractivity contribution < 1.29 is 19.4 Å². The molecule has 1 aromatic carbocycles. The Balaban J connectivity index is 2.01. The summed E-state index contributed by atoms with van der Waals surface area (Å²) in [6.45, 7) is 0.0103. The molecule has 1 aliphatic carbocycles. The lowest BCUT2D eigenvalue weighted by Gasteiger charge is -2.38. The number of amides is 1. The van der Waals surface area contributed by atoms with Gasteiger partial charge in [0.15, 0.2) is 6.61 Å². The van der Waals surface area contributed by atoms with E-state index in [2.05, 4.69) is 5.32 Å². The standard InChI is InChI=1S/C13H13NO4/c15-11-7-18-10-3-2-8(6-9(10)14-11)13(12(16)17)4-1-5-13/h2-3,6H,1,4-5,7H2,(H,14,15)(H,16,17). The van der Waals surface area contributed by atoms with Gasteiger partial charge in [0.05, 0.1) is 11.1 Å². The number of aliphatic carboxylic acids is 1. The van der Waals surface area contributed by atoms with Crippen LogP contribution in [0.15, 0.2) is 18.2 Å². The van der Waals surface area contributed by atoms with E-state index in [9.17, 15) is 14.7 Å². The van der Waals surface area contributed by atoms with E-state index in [1.165, 1.54) is 0 Å². The van der Waals surface area contributed by atoms with Gasteiger partial charge < -0.3 is 15.2 Å². The predicted molar refractivity (Wildman–Crippen MR) is 63.7 cm³/mol. The Morgan fingerprint density at radius 1 is 1.39 bits per heavy atom. The molecule has 5 nitrogen and oxygen atoms in total. The van der Waals surface area contributed by atoms with Crippen LogP contribution in [0.5, 0.6) is 5.75 Å². The predicted octanol–water partition coefficient (Wildman–Crippen LogP) is 1.52. The fourth-order valence-corrected chi connectivity index (χ4v) is 2.54. The van der Waals surface area contributed by atoms with Crippen molar-refractivity contribution >= 4 is 17.6 Å². The van der Waals surface area contributed by atoms with E-state index in [-0.39, 0.29) is 12.5 Å². The van der Waals surface area contributed by atoms with Gasteiger partial charge >= 0.3 is 5.97 Å². The highest BCUT2D eigenvalue weighted by atomic mass is 16.5. The SMILES string of the molecule is O=C1COc2ccc(C3(C(=O)O)CCC3)cc2N1. The Morgan fingerprint density at radius 3 is 2.78 bits per heavy atom. The van der Waals surface area contributed by atoms with Crippen LogP contribution in [-0.4, -0.2) is 23.6 Å². The molecule has 0 radical (unpaired) electrons. The molecule has 1 saturated carbocycles. The van der Waals surface area contributed by atoms with Crippen LogP contribution < -0.4 is 10.1 Å². The van der Waals surface area contributed by atoms with Crippen molar-refractivity contribution in [2.75, 3.05) is 11.9 Å². The van der Waals surface area contributed by atoms with Crippen LogP contribution in [0.1, 0.15) is 24.8 Å². The van der Waals surface area contributed by atoms with Crippen LogP contribution >= 0.6 is 0 Å². The smallest absolute Gasteiger partial charge is 0.314 e. The van der Waals surface area contributed by atoms with E-state index in [1.54, 1.807) is 18.2 Å². The van der Waals surface area contributed by atoms with Gasteiger partial charge in [-0.25, -0.2) is 0 Å². The summed E-state index contributed by atoms with van der Waals surface area (Å²) in [6.07, 6.45) is 2.22. The van der Waals surface area contributed by atoms with Crippen molar-refractivity contribution in [2.45, 2.75) is 24.7 Å². The van der Waals surface area contributed by atoms with Crippen LogP contribution in [0.2, 0.25) is 0 Å². The van der Waals surface area contributed by atoms with Gasteiger partial charge in [0.25, 0.3) is 5.91 Å². The Morgan fingerprint density at radius 2 is 2.17 bits per heavy atom. The van der Waals surface area contributed by atoms with E-state index in [0.717, 1.165) is 12.0 Å². The van der Waals surface area contributed by atoms with E-state index in [4.69, 9.17) is 4.74 Å². The summed E-state index contributed by atoms with van der Waals surface area (Å²) in [4.78, 5) is 22.7. The minimum atomic E-state index is -0.795. The van der Waals surface area contributed by atoms with Crippen molar-refractivity contribution in [3.8, 4) is 5.75 Å². The van der Waals surface area contributed by atoms with Gasteiger partial charge in [0, 0.05) is 0 Å². The zero-order valence-electron chi connectivity index (χ0n) is 9.73. The van der Waals surface area contributed by atoms with Gasteiger partial charge in [0.1, 0.15) is 5.75 Å². The normalized spacial score (nSPS) is 20.1. The lowest BCUT2D eigenvalue weighted by Crippen LogP contribution is -2.42. The molecule has 1 aromatic rings. The zero-order valence-corrected chi connectivity index (χ0v) is 9.73. The molecule has 2 aliphatic rings. The number of carboxylic acids is 1. The van der Waals surface area contributed by atoms with Gasteiger partial charge in [-0.05, 0) is 30.5 Å². The number of nitrogens with one attached hydrogen (secondary N) is 1. The topological polar surface area (TPSA) is 75.6 Å². The van der Waals surface area contributed by atoms with Crippen LogP contribution in [0.4, 0.5) is 5.69 Å². The highest BCUT2D eigenvalue weighted by Crippen LogP contribution is 2.45. The van der Waals surface area contributed by atoms with Crippen molar-refractivity contribution in [3.05, 3.63) is 23.8 Å². The number of carbonyl (C=O) groups is 2. The van der Waals surface area contributed by atoms with Gasteiger partial charge in [-0.1, -0.05) is 12.5 Å². The lowest BCUT2D eigenvalue weighted by molar-refractivity contribution is -0.147. The highest BCUT2D eigenvalue weighted by molar-refractivity contribution is 5.96. The van der Waals surface area contributed by atoms with Gasteiger partial charge in [-0.2, -0.15) is 0 Å². The maximum absolute atomic E-state index is 11.4. The van der Waals surface area contributed by atoms with E-state index < -0.39 is 11.4 Å². The first kappa shape index (κ1) is 11.1. The third-order valence-corrected chi connectivity index (χ3v) is 3.78. The summed E-state index contributed by atoms with van der Waals surface area (Å²) in [7, 11) is 0. The molecule has 1 fully saturated rings. The average molecular weight is 247 g/mol. The van der Waals surface area contributed by atoms with E-state index in [1.807, 2.05) is 0 Å².